The van der Waals surface area contributed by atoms with Gasteiger partial charge in [-0.3, -0.25) is 0 Å². The summed E-state index contributed by atoms with van der Waals surface area (Å²) >= 11 is 5.46. The Morgan fingerprint density at radius 3 is 2.82 bits per heavy atom. The molecule has 2 aliphatic rings. The molecule has 2 heterocycles. The summed E-state index contributed by atoms with van der Waals surface area (Å²) in [5, 5.41) is 6.78. The first-order valence-electron chi connectivity index (χ1n) is 9.42. The van der Waals surface area contributed by atoms with Gasteiger partial charge in [0, 0.05) is 19.1 Å². The number of nitrogens with one attached hydrogen (secondary N) is 2. The van der Waals surface area contributed by atoms with Crippen LogP contribution in [0.1, 0.15) is 27.2 Å². The van der Waals surface area contributed by atoms with E-state index in [1.54, 1.807) is 4.90 Å². The molecule has 4 N–H and O–H groups in total. The van der Waals surface area contributed by atoms with Crippen molar-refractivity contribution in [3.8, 4) is 11.5 Å². The van der Waals surface area contributed by atoms with Gasteiger partial charge in [0.1, 0.15) is 18.8 Å². The van der Waals surface area contributed by atoms with E-state index in [0.717, 1.165) is 5.69 Å². The van der Waals surface area contributed by atoms with Crippen LogP contribution in [0, 0.1) is 0 Å². The van der Waals surface area contributed by atoms with E-state index < -0.39 is 5.60 Å². The lowest BCUT2D eigenvalue weighted by atomic mass is 10.0. The lowest BCUT2D eigenvalue weighted by Crippen LogP contribution is -2.60. The molecule has 1 aromatic rings. The monoisotopic (exact) mass is 408 g/mol. The molecule has 1 saturated heterocycles. The minimum atomic E-state index is -0.537. The average Bonchev–Trinajstić information content (AvgIpc) is 2.62. The molecule has 0 spiro atoms. The maximum absolute atomic E-state index is 12.4. The number of anilines is 1. The second-order valence-electron chi connectivity index (χ2n) is 7.91. The maximum atomic E-state index is 12.4. The minimum Gasteiger partial charge on any atom is -0.486 e. The van der Waals surface area contributed by atoms with Gasteiger partial charge in [-0.25, -0.2) is 4.79 Å². The van der Waals surface area contributed by atoms with Gasteiger partial charge in [0.2, 0.25) is 0 Å². The van der Waals surface area contributed by atoms with Crippen LogP contribution in [0.3, 0.4) is 0 Å². The number of ether oxygens (including phenoxy) is 3. The first kappa shape index (κ1) is 20.5. The van der Waals surface area contributed by atoms with Crippen LogP contribution in [0.4, 0.5) is 10.5 Å². The largest absolute Gasteiger partial charge is 0.486 e. The number of nitrogens with zero attached hydrogens (tertiary/aromatic N) is 1. The van der Waals surface area contributed by atoms with Gasteiger partial charge in [-0.05, 0) is 51.5 Å². The third-order valence-corrected chi connectivity index (χ3v) is 4.67. The zero-order valence-electron chi connectivity index (χ0n) is 16.5. The van der Waals surface area contributed by atoms with Gasteiger partial charge in [-0.15, -0.1) is 0 Å². The van der Waals surface area contributed by atoms with Crippen LogP contribution in [-0.2, 0) is 4.74 Å². The van der Waals surface area contributed by atoms with Crippen molar-refractivity contribution in [2.45, 2.75) is 44.9 Å². The van der Waals surface area contributed by atoms with Gasteiger partial charge in [-0.1, -0.05) is 6.07 Å². The highest BCUT2D eigenvalue weighted by Crippen LogP contribution is 2.37. The van der Waals surface area contributed by atoms with Gasteiger partial charge in [0.05, 0.1) is 11.7 Å². The van der Waals surface area contributed by atoms with Crippen molar-refractivity contribution >= 4 is 29.1 Å². The summed E-state index contributed by atoms with van der Waals surface area (Å²) in [5.41, 5.74) is 6.44. The summed E-state index contributed by atoms with van der Waals surface area (Å²) in [6, 6.07) is 5.29. The number of rotatable bonds is 2. The normalized spacial score (nSPS) is 21.6. The minimum absolute atomic E-state index is 0.122. The summed E-state index contributed by atoms with van der Waals surface area (Å²) in [7, 11) is 0. The number of carbonyl (C=O) groups excluding carboxylic acids is 1. The topological polar surface area (TPSA) is 98.1 Å². The van der Waals surface area contributed by atoms with E-state index in [0.29, 0.717) is 49.3 Å². The third-order valence-electron chi connectivity index (χ3n) is 4.45. The second-order valence-corrected chi connectivity index (χ2v) is 8.32. The molecule has 1 aromatic carbocycles. The van der Waals surface area contributed by atoms with Gasteiger partial charge < -0.3 is 35.5 Å². The van der Waals surface area contributed by atoms with Crippen LogP contribution < -0.4 is 25.8 Å². The van der Waals surface area contributed by atoms with Crippen LogP contribution in [0.15, 0.2) is 18.2 Å². The fraction of sp³-hybridized carbons (Fsp3) is 0.579. The van der Waals surface area contributed by atoms with E-state index in [2.05, 4.69) is 10.6 Å². The second kappa shape index (κ2) is 8.40. The quantitative estimate of drug-likeness (QED) is 0.640. The van der Waals surface area contributed by atoms with Gasteiger partial charge in [-0.2, -0.15) is 0 Å². The zero-order chi connectivity index (χ0) is 20.3. The SMILES string of the molecule is CC(C)(C)OC(=O)N1CC[C@H](N)[C@H](NC(=S)Nc2cccc3c2OCCO3)C1. The van der Waals surface area contributed by atoms with Crippen molar-refractivity contribution in [2.75, 3.05) is 31.6 Å². The smallest absolute Gasteiger partial charge is 0.410 e. The molecule has 28 heavy (non-hydrogen) atoms. The molecule has 0 unspecified atom stereocenters. The van der Waals surface area contributed by atoms with Gasteiger partial charge >= 0.3 is 6.09 Å². The highest BCUT2D eigenvalue weighted by molar-refractivity contribution is 7.80. The van der Waals surface area contributed by atoms with Crippen molar-refractivity contribution in [1.82, 2.24) is 10.2 Å². The summed E-state index contributed by atoms with van der Waals surface area (Å²) in [6.45, 7) is 7.54. The Hall–Kier alpha value is -2.26. The summed E-state index contributed by atoms with van der Waals surface area (Å²) in [4.78, 5) is 14.0. The number of likely N-dealkylation sites (tertiary alicyclic amines) is 1. The van der Waals surface area contributed by atoms with Crippen molar-refractivity contribution in [2.24, 2.45) is 5.73 Å². The number of hydrogen-bond acceptors (Lipinski definition) is 6. The number of nitrogens with two attached hydrogens (primary N) is 1. The van der Waals surface area contributed by atoms with Gasteiger partial charge in [0.25, 0.3) is 0 Å². The maximum Gasteiger partial charge on any atom is 0.410 e. The lowest BCUT2D eigenvalue weighted by Gasteiger charge is -2.38. The molecule has 0 aromatic heterocycles. The van der Waals surface area contributed by atoms with Crippen molar-refractivity contribution in [1.29, 1.82) is 0 Å². The molecule has 154 valence electrons. The van der Waals surface area contributed by atoms with Crippen molar-refractivity contribution < 1.29 is 19.0 Å². The molecular weight excluding hydrogens is 380 g/mol. The van der Waals surface area contributed by atoms with E-state index in [1.165, 1.54) is 0 Å². The Morgan fingerprint density at radius 1 is 1.32 bits per heavy atom. The third kappa shape index (κ3) is 5.17. The predicted molar refractivity (Wildman–Crippen MR) is 111 cm³/mol. The van der Waals surface area contributed by atoms with E-state index in [9.17, 15) is 4.79 Å². The number of carbonyl (C=O) groups is 1. The number of thiocarbonyl (C=S) groups is 1. The average molecular weight is 409 g/mol. The number of amides is 1. The number of para-hydroxylation sites is 1. The lowest BCUT2D eigenvalue weighted by molar-refractivity contribution is 0.0182. The van der Waals surface area contributed by atoms with E-state index in [-0.39, 0.29) is 18.2 Å². The predicted octanol–water partition coefficient (Wildman–Crippen LogP) is 2.08. The first-order valence-corrected chi connectivity index (χ1v) is 9.83. The zero-order valence-corrected chi connectivity index (χ0v) is 17.3. The van der Waals surface area contributed by atoms with E-state index in [1.807, 2.05) is 39.0 Å². The molecule has 0 bridgehead atoms. The Balaban J connectivity index is 1.60. The Bertz CT molecular complexity index is 737. The highest BCUT2D eigenvalue weighted by atomic mass is 32.1. The Morgan fingerprint density at radius 2 is 2.07 bits per heavy atom. The number of piperidine rings is 1. The summed E-state index contributed by atoms with van der Waals surface area (Å²) in [5.74, 6) is 1.32. The number of fused-ring (bicyclic) bond motifs is 1. The molecule has 2 atom stereocenters. The summed E-state index contributed by atoms with van der Waals surface area (Å²) < 4.78 is 16.7. The number of benzene rings is 1. The van der Waals surface area contributed by atoms with Crippen molar-refractivity contribution in [3.63, 3.8) is 0 Å². The van der Waals surface area contributed by atoms with Crippen LogP contribution in [-0.4, -0.2) is 60.1 Å². The van der Waals surface area contributed by atoms with E-state index >= 15 is 0 Å². The first-order chi connectivity index (χ1) is 13.2. The van der Waals surface area contributed by atoms with Crippen LogP contribution in [0.2, 0.25) is 0 Å². The summed E-state index contributed by atoms with van der Waals surface area (Å²) in [6.07, 6.45) is 0.324. The molecule has 2 aliphatic heterocycles. The highest BCUT2D eigenvalue weighted by Gasteiger charge is 2.32. The van der Waals surface area contributed by atoms with Gasteiger partial charge in [0.15, 0.2) is 16.6 Å². The molecule has 0 radical (unpaired) electrons. The molecule has 3 rings (SSSR count). The Kier molecular flexibility index (Phi) is 6.14. The molecule has 1 amide bonds. The van der Waals surface area contributed by atoms with E-state index in [4.69, 9.17) is 32.2 Å². The molecule has 0 aliphatic carbocycles. The molecular formula is C19H28N4O4S. The van der Waals surface area contributed by atoms with Crippen LogP contribution in [0.5, 0.6) is 11.5 Å². The molecule has 9 heteroatoms. The molecule has 1 fully saturated rings. The van der Waals surface area contributed by atoms with Crippen LogP contribution >= 0.6 is 12.2 Å². The number of hydrogen-bond donors (Lipinski definition) is 3. The molecule has 8 nitrogen and oxygen atoms in total. The molecule has 0 saturated carbocycles. The standard InChI is InChI=1S/C19H28N4O4S/c1-19(2,3)27-18(24)23-8-7-12(20)14(11-23)22-17(28)21-13-5-4-6-15-16(13)26-10-9-25-15/h4-6,12,14H,7-11,20H2,1-3H3,(H2,21,22,28)/t12-,14+/m0/s1. The fourth-order valence-corrected chi connectivity index (χ4v) is 3.38. The van der Waals surface area contributed by atoms with Crippen LogP contribution in [0.25, 0.3) is 0 Å². The van der Waals surface area contributed by atoms with Crippen molar-refractivity contribution in [3.05, 3.63) is 18.2 Å². The fourth-order valence-electron chi connectivity index (χ4n) is 3.11. The Labute approximate surface area is 170 Å².